The molecule has 2 rings (SSSR count). The van der Waals surface area contributed by atoms with Gasteiger partial charge in [-0.1, -0.05) is 57.2 Å². The van der Waals surface area contributed by atoms with Crippen LogP contribution in [0.4, 0.5) is 9.18 Å². The molecule has 0 saturated carbocycles. The molecule has 5 nitrogen and oxygen atoms in total. The van der Waals surface area contributed by atoms with E-state index in [0.717, 1.165) is 5.56 Å². The van der Waals surface area contributed by atoms with Crippen LogP contribution in [0.2, 0.25) is 18.1 Å². The summed E-state index contributed by atoms with van der Waals surface area (Å²) < 4.78 is 32.1. The second kappa shape index (κ2) is 10.8. The number of nitrogens with one attached hydrogen (secondary N) is 1. The Balaban J connectivity index is 2.09. The Kier molecular flexibility index (Phi) is 8.65. The molecular formula is C24H34FNO4Si. The van der Waals surface area contributed by atoms with Gasteiger partial charge < -0.3 is 19.2 Å². The molecule has 0 aromatic heterocycles. The predicted octanol–water partition coefficient (Wildman–Crippen LogP) is 6.21. The first kappa shape index (κ1) is 24.9. The van der Waals surface area contributed by atoms with Gasteiger partial charge in [0.2, 0.25) is 0 Å². The zero-order chi connectivity index (χ0) is 23.1. The molecule has 0 heterocycles. The molecule has 1 atom stereocenters. The fourth-order valence-electron chi connectivity index (χ4n) is 2.65. The van der Waals surface area contributed by atoms with E-state index in [4.69, 9.17) is 13.9 Å². The third kappa shape index (κ3) is 7.36. The standard InChI is InChI=1S/C24H34FNO4Si/c1-24(2,3)31(5,6)29-17-19-12-13-20(16-21(19)25)30-22(14-15-28-23(27)26-4)18-10-8-7-9-11-18/h7-13,16,22H,14-15,17H2,1-6H3,(H,26,27)/t22-/m0/s1. The van der Waals surface area contributed by atoms with Gasteiger partial charge in [-0.25, -0.2) is 9.18 Å². The molecule has 0 aliphatic rings. The predicted molar refractivity (Wildman–Crippen MR) is 123 cm³/mol. The number of ether oxygens (including phenoxy) is 2. The van der Waals surface area contributed by atoms with Crippen LogP contribution < -0.4 is 10.1 Å². The van der Waals surface area contributed by atoms with Crippen molar-refractivity contribution in [1.29, 1.82) is 0 Å². The van der Waals surface area contributed by atoms with Crippen LogP contribution in [-0.4, -0.2) is 28.1 Å². The second-order valence-corrected chi connectivity index (χ2v) is 13.8. The van der Waals surface area contributed by atoms with Crippen molar-refractivity contribution in [2.75, 3.05) is 13.7 Å². The van der Waals surface area contributed by atoms with Crippen molar-refractivity contribution < 1.29 is 23.1 Å². The van der Waals surface area contributed by atoms with Gasteiger partial charge in [-0.15, -0.1) is 0 Å². The van der Waals surface area contributed by atoms with Crippen molar-refractivity contribution in [1.82, 2.24) is 5.32 Å². The van der Waals surface area contributed by atoms with Gasteiger partial charge in [0.1, 0.15) is 17.7 Å². The number of carbonyl (C=O) groups excluding carboxylic acids is 1. The van der Waals surface area contributed by atoms with Gasteiger partial charge in [0.25, 0.3) is 0 Å². The molecule has 0 bridgehead atoms. The topological polar surface area (TPSA) is 56.8 Å². The van der Waals surface area contributed by atoms with Crippen LogP contribution >= 0.6 is 0 Å². The van der Waals surface area contributed by atoms with Crippen LogP contribution in [0.1, 0.15) is 44.4 Å². The van der Waals surface area contributed by atoms with Crippen LogP contribution in [0.5, 0.6) is 5.75 Å². The van der Waals surface area contributed by atoms with Crippen LogP contribution in [0.15, 0.2) is 48.5 Å². The van der Waals surface area contributed by atoms with Crippen molar-refractivity contribution >= 4 is 14.4 Å². The van der Waals surface area contributed by atoms with E-state index in [2.05, 4.69) is 39.2 Å². The highest BCUT2D eigenvalue weighted by Gasteiger charge is 2.37. The highest BCUT2D eigenvalue weighted by molar-refractivity contribution is 6.74. The van der Waals surface area contributed by atoms with Gasteiger partial charge in [0, 0.05) is 25.1 Å². The summed E-state index contributed by atoms with van der Waals surface area (Å²) in [5, 5.41) is 2.47. The normalized spacial score (nSPS) is 12.9. The molecule has 0 aliphatic heterocycles. The minimum absolute atomic E-state index is 0.0617. The van der Waals surface area contributed by atoms with Gasteiger partial charge in [-0.2, -0.15) is 0 Å². The fourth-order valence-corrected chi connectivity index (χ4v) is 3.60. The van der Waals surface area contributed by atoms with E-state index in [9.17, 15) is 9.18 Å². The molecule has 1 N–H and O–H groups in total. The van der Waals surface area contributed by atoms with Gasteiger partial charge >= 0.3 is 6.09 Å². The number of rotatable bonds is 9. The largest absolute Gasteiger partial charge is 0.485 e. The zero-order valence-corrected chi connectivity index (χ0v) is 20.3. The number of amides is 1. The summed E-state index contributed by atoms with van der Waals surface area (Å²) in [6, 6.07) is 14.5. The number of alkyl carbamates (subject to hydrolysis) is 1. The lowest BCUT2D eigenvalue weighted by Crippen LogP contribution is -2.40. The molecule has 0 spiro atoms. The van der Waals surface area contributed by atoms with E-state index in [1.54, 1.807) is 12.1 Å². The van der Waals surface area contributed by atoms with E-state index >= 15 is 0 Å². The van der Waals surface area contributed by atoms with Crippen molar-refractivity contribution in [3.05, 3.63) is 65.5 Å². The van der Waals surface area contributed by atoms with Crippen molar-refractivity contribution in [3.8, 4) is 5.75 Å². The first-order chi connectivity index (χ1) is 14.5. The molecule has 7 heteroatoms. The first-order valence-electron chi connectivity index (χ1n) is 10.5. The van der Waals surface area contributed by atoms with Gasteiger partial charge in [0.05, 0.1) is 13.2 Å². The lowest BCUT2D eigenvalue weighted by atomic mass is 10.1. The monoisotopic (exact) mass is 447 g/mol. The van der Waals surface area contributed by atoms with Crippen molar-refractivity contribution in [2.45, 2.75) is 58.0 Å². The molecule has 0 saturated heterocycles. The summed E-state index contributed by atoms with van der Waals surface area (Å²) >= 11 is 0. The number of hydrogen-bond acceptors (Lipinski definition) is 4. The summed E-state index contributed by atoms with van der Waals surface area (Å²) in [7, 11) is -0.460. The van der Waals surface area contributed by atoms with Crippen molar-refractivity contribution in [2.24, 2.45) is 0 Å². The molecule has 0 radical (unpaired) electrons. The molecule has 2 aromatic carbocycles. The molecule has 0 fully saturated rings. The van der Waals surface area contributed by atoms with Crippen LogP contribution in [-0.2, 0) is 15.8 Å². The lowest BCUT2D eigenvalue weighted by molar-refractivity contribution is 0.117. The Bertz CT molecular complexity index is 852. The average molecular weight is 448 g/mol. The molecule has 170 valence electrons. The van der Waals surface area contributed by atoms with E-state index in [-0.39, 0.29) is 30.2 Å². The Labute approximate surface area is 186 Å². The Morgan fingerprint density at radius 1 is 1.13 bits per heavy atom. The van der Waals surface area contributed by atoms with E-state index in [0.29, 0.717) is 17.7 Å². The molecule has 1 amide bonds. The average Bonchev–Trinajstić information content (AvgIpc) is 2.72. The fraction of sp³-hybridized carbons (Fsp3) is 0.458. The van der Waals surface area contributed by atoms with E-state index in [1.165, 1.54) is 13.1 Å². The lowest BCUT2D eigenvalue weighted by Gasteiger charge is -2.36. The minimum atomic E-state index is -1.97. The smallest absolute Gasteiger partial charge is 0.406 e. The maximum Gasteiger partial charge on any atom is 0.406 e. The summed E-state index contributed by atoms with van der Waals surface area (Å²) in [4.78, 5) is 11.3. The molecule has 2 aromatic rings. The molecule has 0 aliphatic carbocycles. The zero-order valence-electron chi connectivity index (χ0n) is 19.3. The van der Waals surface area contributed by atoms with Crippen LogP contribution in [0, 0.1) is 5.82 Å². The van der Waals surface area contributed by atoms with Crippen LogP contribution in [0.25, 0.3) is 0 Å². The summed E-state index contributed by atoms with van der Waals surface area (Å²) in [6.45, 7) is 11.2. The van der Waals surface area contributed by atoms with Crippen molar-refractivity contribution in [3.63, 3.8) is 0 Å². The molecule has 0 unspecified atom stereocenters. The van der Waals surface area contributed by atoms with Gasteiger partial charge in [-0.05, 0) is 29.8 Å². The number of halogens is 1. The molecule has 31 heavy (non-hydrogen) atoms. The highest BCUT2D eigenvalue weighted by atomic mass is 28.4. The van der Waals surface area contributed by atoms with E-state index < -0.39 is 14.4 Å². The van der Waals surface area contributed by atoms with Gasteiger partial charge in [0.15, 0.2) is 8.32 Å². The summed E-state index contributed by atoms with van der Waals surface area (Å²) in [6.07, 6.45) is -0.432. The Morgan fingerprint density at radius 2 is 1.81 bits per heavy atom. The quantitative estimate of drug-likeness (QED) is 0.464. The Morgan fingerprint density at radius 3 is 2.39 bits per heavy atom. The summed E-state index contributed by atoms with van der Waals surface area (Å²) in [5.41, 5.74) is 1.44. The van der Waals surface area contributed by atoms with E-state index in [1.807, 2.05) is 30.3 Å². The maximum atomic E-state index is 14.8. The third-order valence-electron chi connectivity index (χ3n) is 5.69. The minimum Gasteiger partial charge on any atom is -0.485 e. The first-order valence-corrected chi connectivity index (χ1v) is 13.4. The number of carbonyl (C=O) groups is 1. The molecular weight excluding hydrogens is 413 g/mol. The number of benzene rings is 2. The summed E-state index contributed by atoms with van der Waals surface area (Å²) in [5.74, 6) is 0.0620. The number of hydrogen-bond donors (Lipinski definition) is 1. The second-order valence-electron chi connectivity index (χ2n) is 8.99. The van der Waals surface area contributed by atoms with Gasteiger partial charge in [-0.3, -0.25) is 0 Å². The third-order valence-corrected chi connectivity index (χ3v) is 10.2. The maximum absolute atomic E-state index is 14.8. The van der Waals surface area contributed by atoms with Crippen LogP contribution in [0.3, 0.4) is 0 Å². The SMILES string of the molecule is CNC(=O)OCC[C@H](Oc1ccc(CO[Si](C)(C)C(C)(C)C)c(F)c1)c1ccccc1. The highest BCUT2D eigenvalue weighted by Crippen LogP contribution is 2.37. The Hall–Kier alpha value is -2.38.